The predicted octanol–water partition coefficient (Wildman–Crippen LogP) is 4.79. The molecule has 1 aliphatic rings. The Morgan fingerprint density at radius 2 is 1.84 bits per heavy atom. The molecule has 0 bridgehead atoms. The monoisotopic (exact) mass is 512 g/mol. The van der Waals surface area contributed by atoms with Crippen molar-refractivity contribution in [1.82, 2.24) is 10.2 Å². The molecule has 1 fully saturated rings. The fourth-order valence-electron chi connectivity index (χ4n) is 4.69. The SMILES string of the molecule is Nc1ccccc1NC(=O)c1ccc(OCCN(CC2CCCNC2)C(=O)c2cc3ccccc3o2)cc1. The Morgan fingerprint density at radius 1 is 1.05 bits per heavy atom. The number of nitrogens with zero attached hydrogens (tertiary/aromatic N) is 1. The molecule has 0 spiro atoms. The smallest absolute Gasteiger partial charge is 0.289 e. The molecule has 0 aliphatic carbocycles. The van der Waals surface area contributed by atoms with E-state index >= 15 is 0 Å². The lowest BCUT2D eigenvalue weighted by Gasteiger charge is -2.29. The van der Waals surface area contributed by atoms with E-state index in [1.54, 1.807) is 42.5 Å². The molecule has 38 heavy (non-hydrogen) atoms. The van der Waals surface area contributed by atoms with Crippen molar-refractivity contribution in [3.8, 4) is 5.75 Å². The average Bonchev–Trinajstić information content (AvgIpc) is 3.39. The molecular weight excluding hydrogens is 480 g/mol. The number of benzene rings is 3. The maximum Gasteiger partial charge on any atom is 0.289 e. The number of piperidine rings is 1. The highest BCUT2D eigenvalue weighted by molar-refractivity contribution is 6.05. The molecule has 1 unspecified atom stereocenters. The molecule has 1 aliphatic heterocycles. The number of hydrogen-bond acceptors (Lipinski definition) is 6. The number of nitrogens with one attached hydrogen (secondary N) is 2. The van der Waals surface area contributed by atoms with Crippen LogP contribution in [0.15, 0.2) is 83.3 Å². The number of carbonyl (C=O) groups is 2. The summed E-state index contributed by atoms with van der Waals surface area (Å²) in [5, 5.41) is 7.15. The minimum absolute atomic E-state index is 0.137. The normalized spacial score (nSPS) is 15.2. The summed E-state index contributed by atoms with van der Waals surface area (Å²) in [5.74, 6) is 0.954. The second kappa shape index (κ2) is 11.8. The summed E-state index contributed by atoms with van der Waals surface area (Å²) in [4.78, 5) is 27.8. The number of anilines is 2. The number of furan rings is 1. The number of hydrogen-bond donors (Lipinski definition) is 3. The van der Waals surface area contributed by atoms with Gasteiger partial charge in [-0.05, 0) is 80.4 Å². The van der Waals surface area contributed by atoms with Crippen LogP contribution in [0.25, 0.3) is 11.0 Å². The summed E-state index contributed by atoms with van der Waals surface area (Å²) in [6.45, 7) is 3.28. The number of rotatable bonds is 9. The van der Waals surface area contributed by atoms with Crippen LogP contribution in [0.3, 0.4) is 0 Å². The number of nitrogens with two attached hydrogens (primary N) is 1. The van der Waals surface area contributed by atoms with E-state index in [1.807, 2.05) is 41.3 Å². The summed E-state index contributed by atoms with van der Waals surface area (Å²) in [6, 6.07) is 23.5. The van der Waals surface area contributed by atoms with Gasteiger partial charge in [-0.1, -0.05) is 30.3 Å². The number of carbonyl (C=O) groups excluding carboxylic acids is 2. The minimum atomic E-state index is -0.252. The molecule has 4 N–H and O–H groups in total. The van der Waals surface area contributed by atoms with Crippen molar-refractivity contribution < 1.29 is 18.7 Å². The van der Waals surface area contributed by atoms with Gasteiger partial charge in [0.05, 0.1) is 17.9 Å². The number of ether oxygens (including phenoxy) is 1. The van der Waals surface area contributed by atoms with Crippen molar-refractivity contribution in [3.05, 3.63) is 90.2 Å². The summed E-state index contributed by atoms with van der Waals surface area (Å²) >= 11 is 0. The molecule has 1 atom stereocenters. The van der Waals surface area contributed by atoms with E-state index in [0.717, 1.165) is 31.3 Å². The molecule has 1 saturated heterocycles. The van der Waals surface area contributed by atoms with Crippen LogP contribution in [-0.4, -0.2) is 49.5 Å². The van der Waals surface area contributed by atoms with E-state index in [2.05, 4.69) is 10.6 Å². The van der Waals surface area contributed by atoms with Crippen LogP contribution in [0.2, 0.25) is 0 Å². The zero-order valence-corrected chi connectivity index (χ0v) is 21.2. The van der Waals surface area contributed by atoms with Crippen molar-refractivity contribution >= 4 is 34.2 Å². The molecule has 0 radical (unpaired) electrons. The number of amides is 2. The second-order valence-corrected chi connectivity index (χ2v) is 9.53. The quantitative estimate of drug-likeness (QED) is 0.278. The molecule has 1 aromatic heterocycles. The van der Waals surface area contributed by atoms with Gasteiger partial charge in [0.15, 0.2) is 5.76 Å². The van der Waals surface area contributed by atoms with Crippen LogP contribution >= 0.6 is 0 Å². The van der Waals surface area contributed by atoms with Crippen molar-refractivity contribution in [2.24, 2.45) is 5.92 Å². The zero-order chi connectivity index (χ0) is 26.3. The third kappa shape index (κ3) is 6.15. The van der Waals surface area contributed by atoms with Crippen LogP contribution in [-0.2, 0) is 0 Å². The molecule has 0 saturated carbocycles. The van der Waals surface area contributed by atoms with Crippen LogP contribution < -0.4 is 21.1 Å². The first-order valence-corrected chi connectivity index (χ1v) is 12.9. The molecule has 8 nitrogen and oxygen atoms in total. The van der Waals surface area contributed by atoms with Crippen molar-refractivity contribution in [2.75, 3.05) is 43.8 Å². The van der Waals surface area contributed by atoms with E-state index in [9.17, 15) is 9.59 Å². The lowest BCUT2D eigenvalue weighted by molar-refractivity contribution is 0.0660. The Kier molecular flexibility index (Phi) is 7.89. The van der Waals surface area contributed by atoms with E-state index in [4.69, 9.17) is 14.9 Å². The van der Waals surface area contributed by atoms with Crippen LogP contribution in [0.5, 0.6) is 5.75 Å². The molecule has 4 aromatic rings. The average molecular weight is 513 g/mol. The van der Waals surface area contributed by atoms with Crippen molar-refractivity contribution in [1.29, 1.82) is 0 Å². The van der Waals surface area contributed by atoms with Crippen LogP contribution in [0.4, 0.5) is 11.4 Å². The third-order valence-corrected chi connectivity index (χ3v) is 6.76. The Bertz CT molecular complexity index is 1360. The van der Waals surface area contributed by atoms with Crippen LogP contribution in [0, 0.1) is 5.92 Å². The topological polar surface area (TPSA) is 110 Å². The van der Waals surface area contributed by atoms with Crippen molar-refractivity contribution in [2.45, 2.75) is 12.8 Å². The first kappa shape index (κ1) is 25.4. The largest absolute Gasteiger partial charge is 0.492 e. The Labute approximate surface area is 221 Å². The van der Waals surface area contributed by atoms with E-state index < -0.39 is 0 Å². The molecule has 196 valence electrons. The summed E-state index contributed by atoms with van der Waals surface area (Å²) in [5.41, 5.74) is 8.18. The summed E-state index contributed by atoms with van der Waals surface area (Å²) in [7, 11) is 0. The molecule has 5 rings (SSSR count). The van der Waals surface area contributed by atoms with Gasteiger partial charge in [0.1, 0.15) is 17.9 Å². The Balaban J connectivity index is 1.21. The molecular formula is C30H32N4O4. The minimum Gasteiger partial charge on any atom is -0.492 e. The highest BCUT2D eigenvalue weighted by Gasteiger charge is 2.24. The lowest BCUT2D eigenvalue weighted by atomic mass is 9.99. The summed E-state index contributed by atoms with van der Waals surface area (Å²) in [6.07, 6.45) is 2.18. The third-order valence-electron chi connectivity index (χ3n) is 6.76. The first-order valence-electron chi connectivity index (χ1n) is 12.9. The van der Waals surface area contributed by atoms with Gasteiger partial charge in [-0.25, -0.2) is 0 Å². The molecule has 2 amide bonds. The highest BCUT2D eigenvalue weighted by atomic mass is 16.5. The number of fused-ring (bicyclic) bond motifs is 1. The van der Waals surface area contributed by atoms with Gasteiger partial charge in [0.25, 0.3) is 11.8 Å². The van der Waals surface area contributed by atoms with Gasteiger partial charge in [-0.2, -0.15) is 0 Å². The Morgan fingerprint density at radius 3 is 2.61 bits per heavy atom. The molecule has 2 heterocycles. The van der Waals surface area contributed by atoms with E-state index in [-0.39, 0.29) is 11.8 Å². The van der Waals surface area contributed by atoms with Gasteiger partial charge in [0, 0.05) is 17.5 Å². The summed E-state index contributed by atoms with van der Waals surface area (Å²) < 4.78 is 11.8. The van der Waals surface area contributed by atoms with E-state index in [1.165, 1.54) is 0 Å². The number of para-hydroxylation sites is 3. The number of nitrogen functional groups attached to an aromatic ring is 1. The highest BCUT2D eigenvalue weighted by Crippen LogP contribution is 2.22. The maximum atomic E-state index is 13.4. The predicted molar refractivity (Wildman–Crippen MR) is 148 cm³/mol. The maximum absolute atomic E-state index is 13.4. The van der Waals surface area contributed by atoms with Gasteiger partial charge in [-0.15, -0.1) is 0 Å². The second-order valence-electron chi connectivity index (χ2n) is 9.53. The standard InChI is InChI=1S/C30H32N4O4/c31-25-8-2-3-9-26(25)33-29(35)22-11-13-24(14-12-22)37-17-16-34(20-21-6-5-15-32-19-21)30(36)28-18-23-7-1-4-10-27(23)38-28/h1-4,7-14,18,21,32H,5-6,15-17,19-20,31H2,(H,33,35). The van der Waals surface area contributed by atoms with Gasteiger partial charge in [-0.3, -0.25) is 9.59 Å². The van der Waals surface area contributed by atoms with E-state index in [0.29, 0.717) is 59.6 Å². The molecule has 8 heteroatoms. The fraction of sp³-hybridized carbons (Fsp3) is 0.267. The van der Waals surface area contributed by atoms with Gasteiger partial charge >= 0.3 is 0 Å². The van der Waals surface area contributed by atoms with Crippen molar-refractivity contribution in [3.63, 3.8) is 0 Å². The van der Waals surface area contributed by atoms with Crippen LogP contribution in [0.1, 0.15) is 33.8 Å². The zero-order valence-electron chi connectivity index (χ0n) is 21.2. The molecule has 3 aromatic carbocycles. The first-order chi connectivity index (χ1) is 18.6. The Hall–Kier alpha value is -4.30. The van der Waals surface area contributed by atoms with Gasteiger partial charge in [0.2, 0.25) is 0 Å². The fourth-order valence-corrected chi connectivity index (χ4v) is 4.69. The van der Waals surface area contributed by atoms with Gasteiger partial charge < -0.3 is 30.4 Å². The lowest BCUT2D eigenvalue weighted by Crippen LogP contribution is -2.42.